The van der Waals surface area contributed by atoms with E-state index in [9.17, 15) is 9.59 Å². The molecule has 0 bridgehead atoms. The van der Waals surface area contributed by atoms with Crippen LogP contribution in [0.3, 0.4) is 0 Å². The van der Waals surface area contributed by atoms with Crippen LogP contribution in [0.1, 0.15) is 37.4 Å². The number of rotatable bonds is 7. The summed E-state index contributed by atoms with van der Waals surface area (Å²) in [6, 6.07) is 10.3. The van der Waals surface area contributed by atoms with E-state index in [1.54, 1.807) is 6.20 Å². The van der Waals surface area contributed by atoms with Crippen molar-refractivity contribution in [3.63, 3.8) is 0 Å². The Morgan fingerprint density at radius 3 is 2.67 bits per heavy atom. The van der Waals surface area contributed by atoms with Gasteiger partial charge in [-0.2, -0.15) is 0 Å². The lowest BCUT2D eigenvalue weighted by Gasteiger charge is -2.39. The third kappa shape index (κ3) is 4.83. The smallest absolute Gasteiger partial charge is 0.312 e. The van der Waals surface area contributed by atoms with Crippen molar-refractivity contribution in [2.45, 2.75) is 39.2 Å². The van der Waals surface area contributed by atoms with Crippen LogP contribution in [0, 0.1) is 5.41 Å². The topological polar surface area (TPSA) is 75.3 Å². The van der Waals surface area contributed by atoms with Gasteiger partial charge in [-0.1, -0.05) is 30.3 Å². The minimum absolute atomic E-state index is 0.0868. The van der Waals surface area contributed by atoms with Crippen molar-refractivity contribution in [1.29, 1.82) is 0 Å². The Hall–Kier alpha value is -2.47. The molecule has 0 radical (unpaired) electrons. The van der Waals surface area contributed by atoms with E-state index >= 15 is 0 Å². The third-order valence-corrected chi connectivity index (χ3v) is 5.41. The van der Waals surface area contributed by atoms with Crippen LogP contribution >= 0.6 is 0 Å². The van der Waals surface area contributed by atoms with E-state index in [1.807, 2.05) is 25.1 Å². The first-order valence-electron chi connectivity index (χ1n) is 9.59. The Kier molecular flexibility index (Phi) is 6.40. The molecule has 0 saturated carbocycles. The molecule has 1 aliphatic heterocycles. The normalized spacial score (nSPS) is 16.8. The van der Waals surface area contributed by atoms with Gasteiger partial charge in [0.2, 0.25) is 0 Å². The number of aryl methyl sites for hydroxylation is 1. The first-order valence-corrected chi connectivity index (χ1v) is 9.59. The molecule has 1 saturated heterocycles. The van der Waals surface area contributed by atoms with Gasteiger partial charge in [-0.05, 0) is 51.3 Å². The lowest BCUT2D eigenvalue weighted by atomic mass is 9.74. The van der Waals surface area contributed by atoms with Gasteiger partial charge in [-0.25, -0.2) is 0 Å². The largest absolute Gasteiger partial charge is 0.466 e. The number of hydrogen-bond donors (Lipinski definition) is 1. The molecule has 144 valence electrons. The molecular weight excluding hydrogens is 342 g/mol. The summed E-state index contributed by atoms with van der Waals surface area (Å²) >= 11 is 0. The van der Waals surface area contributed by atoms with Gasteiger partial charge in [0.15, 0.2) is 0 Å². The van der Waals surface area contributed by atoms with Crippen molar-refractivity contribution in [3.8, 4) is 0 Å². The molecule has 1 aromatic carbocycles. The molecule has 1 N–H and O–H groups in total. The van der Waals surface area contributed by atoms with E-state index in [0.29, 0.717) is 18.8 Å². The fourth-order valence-corrected chi connectivity index (χ4v) is 3.71. The fourth-order valence-electron chi connectivity index (χ4n) is 3.71. The Balaban J connectivity index is 1.66. The molecule has 0 amide bonds. The van der Waals surface area contributed by atoms with Gasteiger partial charge in [0.05, 0.1) is 12.0 Å². The van der Waals surface area contributed by atoms with E-state index in [4.69, 9.17) is 4.74 Å². The Bertz CT molecular complexity index is 796. The maximum atomic E-state index is 12.8. The van der Waals surface area contributed by atoms with E-state index in [2.05, 4.69) is 27.0 Å². The molecule has 0 atom stereocenters. The molecule has 6 heteroatoms. The van der Waals surface area contributed by atoms with Crippen molar-refractivity contribution < 1.29 is 9.53 Å². The molecule has 6 nitrogen and oxygen atoms in total. The van der Waals surface area contributed by atoms with Gasteiger partial charge < -0.3 is 9.72 Å². The van der Waals surface area contributed by atoms with Crippen LogP contribution in [0.15, 0.2) is 47.5 Å². The summed E-state index contributed by atoms with van der Waals surface area (Å²) in [7, 11) is 0. The second-order valence-corrected chi connectivity index (χ2v) is 7.13. The zero-order valence-corrected chi connectivity index (χ0v) is 15.8. The van der Waals surface area contributed by atoms with Crippen molar-refractivity contribution in [2.24, 2.45) is 5.41 Å². The second kappa shape index (κ2) is 8.95. The quantitative estimate of drug-likeness (QED) is 0.759. The molecule has 2 heterocycles. The summed E-state index contributed by atoms with van der Waals surface area (Å²) in [5.41, 5.74) is 1.16. The number of aromatic amines is 1. The van der Waals surface area contributed by atoms with Crippen LogP contribution in [0.2, 0.25) is 0 Å². The molecule has 0 unspecified atom stereocenters. The van der Waals surface area contributed by atoms with Crippen molar-refractivity contribution in [1.82, 2.24) is 14.9 Å². The average molecular weight is 369 g/mol. The number of nitrogens with zero attached hydrogens (tertiary/aromatic N) is 2. The number of H-pyrrole nitrogens is 1. The minimum atomic E-state index is -0.446. The molecule has 1 aromatic heterocycles. The van der Waals surface area contributed by atoms with Crippen LogP contribution in [-0.4, -0.2) is 40.5 Å². The van der Waals surface area contributed by atoms with E-state index in [-0.39, 0.29) is 11.5 Å². The number of carbonyl (C=O) groups excluding carboxylic acids is 1. The predicted molar refractivity (Wildman–Crippen MR) is 103 cm³/mol. The summed E-state index contributed by atoms with van der Waals surface area (Å²) in [4.78, 5) is 33.6. The van der Waals surface area contributed by atoms with E-state index < -0.39 is 5.41 Å². The Morgan fingerprint density at radius 1 is 1.26 bits per heavy atom. The number of benzene rings is 1. The highest BCUT2D eigenvalue weighted by Crippen LogP contribution is 2.38. The molecule has 3 rings (SSSR count). The average Bonchev–Trinajstić information content (AvgIpc) is 2.70. The first kappa shape index (κ1) is 19.3. The van der Waals surface area contributed by atoms with Gasteiger partial charge in [0.1, 0.15) is 5.69 Å². The van der Waals surface area contributed by atoms with Gasteiger partial charge in [0, 0.05) is 18.9 Å². The molecule has 27 heavy (non-hydrogen) atoms. The molecule has 1 aliphatic rings. The van der Waals surface area contributed by atoms with Crippen LogP contribution in [0.5, 0.6) is 0 Å². The highest BCUT2D eigenvalue weighted by molar-refractivity contribution is 5.77. The van der Waals surface area contributed by atoms with Crippen LogP contribution in [-0.2, 0) is 22.5 Å². The van der Waals surface area contributed by atoms with E-state index in [1.165, 1.54) is 11.8 Å². The number of carbonyl (C=O) groups is 1. The molecule has 0 aliphatic carbocycles. The van der Waals surface area contributed by atoms with Crippen LogP contribution < -0.4 is 5.56 Å². The first-order chi connectivity index (χ1) is 13.1. The van der Waals surface area contributed by atoms with Crippen molar-refractivity contribution >= 4 is 5.97 Å². The molecule has 2 aromatic rings. The summed E-state index contributed by atoms with van der Waals surface area (Å²) in [6.45, 7) is 4.27. The summed E-state index contributed by atoms with van der Waals surface area (Å²) in [5.74, 6) is -0.0868. The number of ether oxygens (including phenoxy) is 1. The zero-order valence-electron chi connectivity index (χ0n) is 15.8. The van der Waals surface area contributed by atoms with Crippen molar-refractivity contribution in [3.05, 3.63) is 64.3 Å². The summed E-state index contributed by atoms with van der Waals surface area (Å²) < 4.78 is 5.42. The third-order valence-electron chi connectivity index (χ3n) is 5.41. The number of hydrogen-bond acceptors (Lipinski definition) is 5. The maximum Gasteiger partial charge on any atom is 0.312 e. The van der Waals surface area contributed by atoms with Crippen LogP contribution in [0.4, 0.5) is 0 Å². The predicted octanol–water partition coefficient (Wildman–Crippen LogP) is 2.55. The minimum Gasteiger partial charge on any atom is -0.466 e. The SMILES string of the molecule is CCOC(=O)C1(CCc2ccccc2)CCN(Cc2ncc[nH]c2=O)CC1. The zero-order chi connectivity index (χ0) is 19.1. The van der Waals surface area contributed by atoms with Gasteiger partial charge in [-0.15, -0.1) is 0 Å². The summed E-state index contributed by atoms with van der Waals surface area (Å²) in [6.07, 6.45) is 6.26. The van der Waals surface area contributed by atoms with Gasteiger partial charge in [-0.3, -0.25) is 19.5 Å². The van der Waals surface area contributed by atoms with Crippen LogP contribution in [0.25, 0.3) is 0 Å². The fraction of sp³-hybridized carbons (Fsp3) is 0.476. The van der Waals surface area contributed by atoms with Gasteiger partial charge in [0.25, 0.3) is 5.56 Å². The lowest BCUT2D eigenvalue weighted by Crippen LogP contribution is -2.45. The maximum absolute atomic E-state index is 12.8. The standard InChI is InChI=1S/C21H27N3O3/c1-2-27-20(26)21(9-8-17-6-4-3-5-7-17)10-14-24(15-11-21)16-18-19(25)23-13-12-22-18/h3-7,12-13H,2,8-11,14-16H2,1H3,(H,23,25). The molecular formula is C21H27N3O3. The van der Waals surface area contributed by atoms with Crippen molar-refractivity contribution in [2.75, 3.05) is 19.7 Å². The molecule has 0 spiro atoms. The Labute approximate surface area is 159 Å². The van der Waals surface area contributed by atoms with Gasteiger partial charge >= 0.3 is 5.97 Å². The Morgan fingerprint density at radius 2 is 2.00 bits per heavy atom. The number of aromatic nitrogens is 2. The lowest BCUT2D eigenvalue weighted by molar-refractivity contribution is -0.159. The highest BCUT2D eigenvalue weighted by atomic mass is 16.5. The van der Waals surface area contributed by atoms with E-state index in [0.717, 1.165) is 38.8 Å². The highest BCUT2D eigenvalue weighted by Gasteiger charge is 2.42. The number of nitrogens with one attached hydrogen (secondary N) is 1. The monoisotopic (exact) mass is 369 g/mol. The number of piperidine rings is 1. The summed E-state index contributed by atoms with van der Waals surface area (Å²) in [5, 5.41) is 0. The molecule has 1 fully saturated rings. The number of likely N-dealkylation sites (tertiary alicyclic amines) is 1. The second-order valence-electron chi connectivity index (χ2n) is 7.13. The number of esters is 1.